The second-order valence-electron chi connectivity index (χ2n) is 5.99. The highest BCUT2D eigenvalue weighted by atomic mass is 16.5. The van der Waals surface area contributed by atoms with Crippen molar-refractivity contribution in [3.63, 3.8) is 0 Å². The van der Waals surface area contributed by atoms with E-state index in [1.54, 1.807) is 7.11 Å². The monoisotopic (exact) mass is 319 g/mol. The number of nitrogens with zero attached hydrogens (tertiary/aromatic N) is 2. The zero-order chi connectivity index (χ0) is 16.7. The molecule has 1 saturated heterocycles. The van der Waals surface area contributed by atoms with E-state index in [2.05, 4.69) is 28.2 Å². The van der Waals surface area contributed by atoms with Crippen LogP contribution >= 0.6 is 0 Å². The molecule has 0 bridgehead atoms. The molecular weight excluding hydrogens is 290 g/mol. The summed E-state index contributed by atoms with van der Waals surface area (Å²) in [6, 6.07) is 6.04. The van der Waals surface area contributed by atoms with Crippen molar-refractivity contribution in [1.82, 2.24) is 10.2 Å². The van der Waals surface area contributed by atoms with Gasteiger partial charge in [0.1, 0.15) is 0 Å². The molecule has 1 N–H and O–H groups in total. The molecular formula is C18H29N3O2. The van der Waals surface area contributed by atoms with Gasteiger partial charge in [0, 0.05) is 26.7 Å². The highest BCUT2D eigenvalue weighted by Gasteiger charge is 2.18. The van der Waals surface area contributed by atoms with Gasteiger partial charge in [0.25, 0.3) is 0 Å². The smallest absolute Gasteiger partial charge is 0.193 e. The zero-order valence-electron chi connectivity index (χ0n) is 14.8. The van der Waals surface area contributed by atoms with E-state index in [4.69, 9.17) is 9.47 Å². The summed E-state index contributed by atoms with van der Waals surface area (Å²) in [7, 11) is 3.52. The van der Waals surface area contributed by atoms with Crippen molar-refractivity contribution in [2.24, 2.45) is 10.9 Å². The lowest BCUT2D eigenvalue weighted by Gasteiger charge is -2.33. The maximum atomic E-state index is 5.56. The SMILES string of the molecule is CCOc1ccc(CNC(=NC)N2CCC(C)CC2)cc1OC. The fraction of sp³-hybridized carbons (Fsp3) is 0.611. The number of piperidine rings is 1. The van der Waals surface area contributed by atoms with Crippen molar-refractivity contribution >= 4 is 5.96 Å². The van der Waals surface area contributed by atoms with Crippen LogP contribution in [0.2, 0.25) is 0 Å². The molecule has 0 atom stereocenters. The zero-order valence-corrected chi connectivity index (χ0v) is 14.8. The summed E-state index contributed by atoms with van der Waals surface area (Å²) in [6.07, 6.45) is 2.47. The number of methoxy groups -OCH3 is 1. The number of likely N-dealkylation sites (tertiary alicyclic amines) is 1. The predicted octanol–water partition coefficient (Wildman–Crippen LogP) is 2.90. The molecule has 0 amide bonds. The van der Waals surface area contributed by atoms with E-state index in [-0.39, 0.29) is 0 Å². The number of hydrogen-bond donors (Lipinski definition) is 1. The number of hydrogen-bond acceptors (Lipinski definition) is 3. The highest BCUT2D eigenvalue weighted by Crippen LogP contribution is 2.28. The van der Waals surface area contributed by atoms with Gasteiger partial charge in [0.2, 0.25) is 0 Å². The Balaban J connectivity index is 1.96. The lowest BCUT2D eigenvalue weighted by Crippen LogP contribution is -2.45. The number of nitrogens with one attached hydrogen (secondary N) is 1. The quantitative estimate of drug-likeness (QED) is 0.669. The summed E-state index contributed by atoms with van der Waals surface area (Å²) in [5.41, 5.74) is 1.15. The topological polar surface area (TPSA) is 46.1 Å². The summed E-state index contributed by atoms with van der Waals surface area (Å²) in [5.74, 6) is 3.35. The standard InChI is InChI=1S/C18H29N3O2/c1-5-23-16-7-6-15(12-17(16)22-4)13-20-18(19-3)21-10-8-14(2)9-11-21/h6-7,12,14H,5,8-11,13H2,1-4H3,(H,19,20). The average molecular weight is 319 g/mol. The number of guanidine groups is 1. The third-order valence-corrected chi connectivity index (χ3v) is 4.27. The van der Waals surface area contributed by atoms with Gasteiger partial charge in [0.15, 0.2) is 17.5 Å². The van der Waals surface area contributed by atoms with Gasteiger partial charge in [-0.05, 0) is 43.4 Å². The van der Waals surface area contributed by atoms with Crippen LogP contribution in [-0.4, -0.2) is 44.7 Å². The van der Waals surface area contributed by atoms with Gasteiger partial charge in [-0.2, -0.15) is 0 Å². The van der Waals surface area contributed by atoms with E-state index in [0.717, 1.165) is 48.6 Å². The minimum absolute atomic E-state index is 0.633. The molecule has 0 aromatic heterocycles. The second kappa shape index (κ2) is 8.65. The first-order valence-corrected chi connectivity index (χ1v) is 8.43. The van der Waals surface area contributed by atoms with E-state index >= 15 is 0 Å². The Labute approximate surface area is 139 Å². The Hall–Kier alpha value is -1.91. The van der Waals surface area contributed by atoms with Gasteiger partial charge in [-0.1, -0.05) is 13.0 Å². The third kappa shape index (κ3) is 4.78. The summed E-state index contributed by atoms with van der Waals surface area (Å²) < 4.78 is 11.0. The summed E-state index contributed by atoms with van der Waals surface area (Å²) in [4.78, 5) is 6.76. The van der Waals surface area contributed by atoms with E-state index in [0.29, 0.717) is 6.61 Å². The molecule has 23 heavy (non-hydrogen) atoms. The Morgan fingerprint density at radius 3 is 2.65 bits per heavy atom. The van der Waals surface area contributed by atoms with Crippen molar-refractivity contribution in [2.45, 2.75) is 33.2 Å². The van der Waals surface area contributed by atoms with Gasteiger partial charge < -0.3 is 19.7 Å². The molecule has 0 aliphatic carbocycles. The van der Waals surface area contributed by atoms with Crippen LogP contribution in [0.5, 0.6) is 11.5 Å². The molecule has 1 aromatic rings. The predicted molar refractivity (Wildman–Crippen MR) is 94.3 cm³/mol. The molecule has 0 spiro atoms. The lowest BCUT2D eigenvalue weighted by atomic mass is 9.99. The molecule has 5 nitrogen and oxygen atoms in total. The van der Waals surface area contributed by atoms with Crippen LogP contribution in [-0.2, 0) is 6.54 Å². The molecule has 128 valence electrons. The van der Waals surface area contributed by atoms with Crippen LogP contribution in [0.4, 0.5) is 0 Å². The number of benzene rings is 1. The first kappa shape index (κ1) is 17.4. The number of ether oxygens (including phenoxy) is 2. The van der Waals surface area contributed by atoms with Crippen LogP contribution in [0, 0.1) is 5.92 Å². The normalized spacial score (nSPS) is 16.3. The van der Waals surface area contributed by atoms with E-state index in [1.165, 1.54) is 12.8 Å². The van der Waals surface area contributed by atoms with Gasteiger partial charge in [-0.3, -0.25) is 4.99 Å². The molecule has 0 radical (unpaired) electrons. The van der Waals surface area contributed by atoms with Crippen molar-refractivity contribution < 1.29 is 9.47 Å². The van der Waals surface area contributed by atoms with Crippen LogP contribution in [0.15, 0.2) is 23.2 Å². The lowest BCUT2D eigenvalue weighted by molar-refractivity contribution is 0.273. The molecule has 1 fully saturated rings. The van der Waals surface area contributed by atoms with E-state index in [9.17, 15) is 0 Å². The Bertz CT molecular complexity index is 523. The summed E-state index contributed by atoms with van der Waals surface area (Å²) in [5, 5.41) is 3.45. The molecule has 1 aromatic carbocycles. The molecule has 2 rings (SSSR count). The van der Waals surface area contributed by atoms with Crippen LogP contribution < -0.4 is 14.8 Å². The van der Waals surface area contributed by atoms with Crippen LogP contribution in [0.25, 0.3) is 0 Å². The Morgan fingerprint density at radius 1 is 1.30 bits per heavy atom. The molecule has 1 aliphatic rings. The van der Waals surface area contributed by atoms with Gasteiger partial charge in [0.05, 0.1) is 13.7 Å². The summed E-state index contributed by atoms with van der Waals surface area (Å²) in [6.45, 7) is 7.80. The van der Waals surface area contributed by atoms with Crippen LogP contribution in [0.1, 0.15) is 32.3 Å². The van der Waals surface area contributed by atoms with Crippen LogP contribution in [0.3, 0.4) is 0 Å². The molecule has 1 aliphatic heterocycles. The fourth-order valence-corrected chi connectivity index (χ4v) is 2.83. The Morgan fingerprint density at radius 2 is 2.04 bits per heavy atom. The van der Waals surface area contributed by atoms with Gasteiger partial charge in [-0.25, -0.2) is 0 Å². The van der Waals surface area contributed by atoms with Crippen molar-refractivity contribution in [2.75, 3.05) is 33.9 Å². The number of aliphatic imine (C=N–C) groups is 1. The van der Waals surface area contributed by atoms with Crippen molar-refractivity contribution in [3.05, 3.63) is 23.8 Å². The van der Waals surface area contributed by atoms with Gasteiger partial charge in [-0.15, -0.1) is 0 Å². The maximum Gasteiger partial charge on any atom is 0.193 e. The highest BCUT2D eigenvalue weighted by molar-refractivity contribution is 5.80. The largest absolute Gasteiger partial charge is 0.493 e. The second-order valence-corrected chi connectivity index (χ2v) is 5.99. The van der Waals surface area contributed by atoms with Crippen molar-refractivity contribution in [3.8, 4) is 11.5 Å². The van der Waals surface area contributed by atoms with E-state index in [1.807, 2.05) is 26.1 Å². The first-order valence-electron chi connectivity index (χ1n) is 8.43. The maximum absolute atomic E-state index is 5.56. The number of rotatable bonds is 5. The summed E-state index contributed by atoms with van der Waals surface area (Å²) >= 11 is 0. The molecule has 0 unspecified atom stereocenters. The van der Waals surface area contributed by atoms with Gasteiger partial charge >= 0.3 is 0 Å². The third-order valence-electron chi connectivity index (χ3n) is 4.27. The van der Waals surface area contributed by atoms with Crippen molar-refractivity contribution in [1.29, 1.82) is 0 Å². The molecule has 0 saturated carbocycles. The molecule has 1 heterocycles. The first-order chi connectivity index (χ1) is 11.2. The minimum Gasteiger partial charge on any atom is -0.493 e. The Kier molecular flexibility index (Phi) is 6.56. The van der Waals surface area contributed by atoms with E-state index < -0.39 is 0 Å². The average Bonchev–Trinajstić information content (AvgIpc) is 2.58. The molecule has 5 heteroatoms. The fourth-order valence-electron chi connectivity index (χ4n) is 2.83. The minimum atomic E-state index is 0.633.